The average molecular weight is 741 g/mol. The van der Waals surface area contributed by atoms with Crippen molar-refractivity contribution in [2.45, 2.75) is 50.1 Å². The Balaban J connectivity index is 0.00000225. The molecule has 0 aromatic carbocycles. The number of carboxylic acids is 6. The third-order valence-corrected chi connectivity index (χ3v) is 8.08. The number of aliphatic carboxylic acids is 6. The van der Waals surface area contributed by atoms with Crippen LogP contribution in [0.3, 0.4) is 0 Å². The maximum absolute atomic E-state index is 12.9. The van der Waals surface area contributed by atoms with Crippen LogP contribution in [0.15, 0.2) is 49.8 Å². The molecule has 5 aliphatic rings. The molecule has 5 heterocycles. The second kappa shape index (κ2) is 12.4. The van der Waals surface area contributed by atoms with Gasteiger partial charge in [-0.15, -0.1) is 0 Å². The molecule has 1 N–H and O–H groups in total. The van der Waals surface area contributed by atoms with E-state index in [0.717, 1.165) is 0 Å². The van der Waals surface area contributed by atoms with Crippen molar-refractivity contribution in [3.63, 3.8) is 0 Å². The van der Waals surface area contributed by atoms with E-state index in [1.165, 1.54) is 6.08 Å². The zero-order valence-corrected chi connectivity index (χ0v) is 24.8. The summed E-state index contributed by atoms with van der Waals surface area (Å²) in [5.41, 5.74) is -15.7. The molecule has 16 nitrogen and oxygen atoms in total. The molecular weight excluding hydrogens is 725 g/mol. The first-order chi connectivity index (χ1) is 19.2. The van der Waals surface area contributed by atoms with E-state index in [-0.39, 0.29) is 81.0 Å². The zero-order valence-electron chi connectivity index (χ0n) is 21.7. The summed E-state index contributed by atoms with van der Waals surface area (Å²) >= 11 is 0. The van der Waals surface area contributed by atoms with Crippen LogP contribution in [0.25, 0.3) is 0 Å². The molecule has 0 saturated carbocycles. The van der Waals surface area contributed by atoms with Gasteiger partial charge in [0.2, 0.25) is 0 Å². The number of carboxylic acid groups (broad SMARTS) is 6. The van der Waals surface area contributed by atoms with Gasteiger partial charge in [0, 0.05) is 28.4 Å². The maximum atomic E-state index is 12.9. The summed E-state index contributed by atoms with van der Waals surface area (Å²) in [4.78, 5) is 88.1. The second-order valence-corrected chi connectivity index (χ2v) is 10.0. The summed E-state index contributed by atoms with van der Waals surface area (Å²) in [6.45, 7) is 0. The van der Waals surface area contributed by atoms with Crippen LogP contribution in [0, 0.1) is 10.8 Å². The first kappa shape index (κ1) is 36.6. The van der Waals surface area contributed by atoms with Gasteiger partial charge >= 0.3 is 50.3 Å². The number of fused-ring (bicyclic) bond motifs is 6. The topological polar surface area (TPSA) is 290 Å². The Bertz CT molecular complexity index is 1550. The minimum Gasteiger partial charge on any atom is -0.549 e. The summed E-state index contributed by atoms with van der Waals surface area (Å²) < 4.78 is 0. The Hall–Kier alpha value is -3.63. The number of hydrogen-bond donors (Lipinski definition) is 1. The van der Waals surface area contributed by atoms with Crippen LogP contribution in [0.4, 0.5) is 0 Å². The van der Waals surface area contributed by atoms with Crippen molar-refractivity contribution in [1.82, 2.24) is 5.32 Å². The van der Waals surface area contributed by atoms with Crippen molar-refractivity contribution in [1.29, 1.82) is 0 Å². The molecule has 2 unspecified atom stereocenters. The Morgan fingerprint density at radius 2 is 1.25 bits per heavy atom. The van der Waals surface area contributed by atoms with Gasteiger partial charge in [-0.3, -0.25) is 15.0 Å². The van der Waals surface area contributed by atoms with Gasteiger partial charge in [0.15, 0.2) is 0 Å². The summed E-state index contributed by atoms with van der Waals surface area (Å²) in [6.07, 6.45) is 3.01. The molecule has 235 valence electrons. The molecule has 0 aromatic rings. The largest absolute Gasteiger partial charge is 2.00 e. The molecule has 3 radical (unpaired) electrons. The Morgan fingerprint density at radius 3 is 1.73 bits per heavy atom. The molecule has 2 atom stereocenters. The van der Waals surface area contributed by atoms with E-state index >= 15 is 0 Å². The molecule has 0 amide bonds. The molecule has 1 fully saturated rings. The predicted molar refractivity (Wildman–Crippen MR) is 118 cm³/mol. The third-order valence-electron chi connectivity index (χ3n) is 8.08. The minimum absolute atomic E-state index is 0. The Kier molecular flexibility index (Phi) is 10.3. The monoisotopic (exact) mass is 741 g/mol. The normalized spacial score (nSPS) is 25.4. The molecular formula is C25H16Co3N4O12. The van der Waals surface area contributed by atoms with Gasteiger partial charge in [0.1, 0.15) is 16.4 Å². The van der Waals surface area contributed by atoms with E-state index in [0.29, 0.717) is 24.2 Å². The van der Waals surface area contributed by atoms with Crippen molar-refractivity contribution in [2.24, 2.45) is 25.8 Å². The zero-order chi connectivity index (χ0) is 30.1. The number of allylic oxidation sites excluding steroid dienone is 5. The van der Waals surface area contributed by atoms with Crippen LogP contribution < -0.4 is 36.0 Å². The average Bonchev–Trinajstić information content (AvgIpc) is 3.64. The number of carbonyl (C=O) groups excluding carboxylic acids is 6. The van der Waals surface area contributed by atoms with Crippen molar-refractivity contribution in [2.75, 3.05) is 0 Å². The van der Waals surface area contributed by atoms with Gasteiger partial charge in [0.05, 0.1) is 53.3 Å². The molecule has 0 aromatic heterocycles. The van der Waals surface area contributed by atoms with Gasteiger partial charge in [-0.1, -0.05) is 0 Å². The fourth-order valence-electron chi connectivity index (χ4n) is 6.41. The molecule has 8 bridgehead atoms. The van der Waals surface area contributed by atoms with Crippen LogP contribution in [0.1, 0.15) is 38.5 Å². The van der Waals surface area contributed by atoms with Crippen molar-refractivity contribution >= 4 is 53.0 Å². The van der Waals surface area contributed by atoms with E-state index in [9.17, 15) is 59.4 Å². The first-order valence-electron chi connectivity index (χ1n) is 12.2. The quantitative estimate of drug-likeness (QED) is 0.248. The van der Waals surface area contributed by atoms with Crippen LogP contribution in [-0.2, 0) is 79.1 Å². The van der Waals surface area contributed by atoms with Crippen molar-refractivity contribution in [3.8, 4) is 0 Å². The molecule has 1 saturated heterocycles. The molecule has 0 spiro atoms. The van der Waals surface area contributed by atoms with Gasteiger partial charge in [-0.05, 0) is 50.7 Å². The second-order valence-electron chi connectivity index (χ2n) is 10.0. The summed E-state index contributed by atoms with van der Waals surface area (Å²) in [5.74, 6) is -17.5. The number of rotatable bonds is 6. The predicted octanol–water partition coefficient (Wildman–Crippen LogP) is -8.10. The molecule has 44 heavy (non-hydrogen) atoms. The van der Waals surface area contributed by atoms with Gasteiger partial charge in [-0.2, -0.15) is 0 Å². The smallest absolute Gasteiger partial charge is 0.549 e. The third kappa shape index (κ3) is 4.56. The maximum Gasteiger partial charge on any atom is 2.00 e. The van der Waals surface area contributed by atoms with Crippen LogP contribution in [-0.4, -0.2) is 64.5 Å². The molecule has 19 heteroatoms. The van der Waals surface area contributed by atoms with Crippen molar-refractivity contribution < 1.29 is 110 Å². The van der Waals surface area contributed by atoms with Gasteiger partial charge < -0.3 is 64.7 Å². The summed E-state index contributed by atoms with van der Waals surface area (Å²) in [5, 5.41) is 79.5. The van der Waals surface area contributed by atoms with Crippen LogP contribution in [0.5, 0.6) is 0 Å². The van der Waals surface area contributed by atoms with E-state index in [2.05, 4.69) is 20.3 Å². The van der Waals surface area contributed by atoms with E-state index in [1.807, 2.05) is 0 Å². The standard InChI is InChI=1S/C25H22N4O12.3Co/c30-17(31)15-13-5-3-11(27-13)7-9-1-2-10(26-9)8-12-4-6-14(28-12)25(22(40)41)24(20(36)37,21(38)39)23(18(32)33,19(34)35)16(15)29-25;;;/h7-8,14,26H,1-6H2,(H,30,31)(H,32,33)(H,34,35)(H,36,37)(H,38,39)(H,40,41);;;/q;3*+2/p-6. The van der Waals surface area contributed by atoms with Crippen LogP contribution >= 0.6 is 0 Å². The number of carbonyl (C=O) groups is 6. The first-order valence-corrected chi connectivity index (χ1v) is 12.2. The van der Waals surface area contributed by atoms with Crippen LogP contribution in [0.2, 0.25) is 0 Å². The van der Waals surface area contributed by atoms with E-state index in [1.54, 1.807) is 6.08 Å². The SMILES string of the molecule is O=C([O-])C1=C2CCC(=N2)C=C2CCC(=CC3=NC(CC3)C3(C(=O)[O-])N=C1C(C(=O)[O-])(C(=O)[O-])C3(C(=O)[O-])C(=O)[O-])N2.[Co+2].[Co+2].[Co+2]. The fourth-order valence-corrected chi connectivity index (χ4v) is 6.41. The molecule has 5 aliphatic heterocycles. The molecule has 0 aliphatic carbocycles. The Labute approximate surface area is 277 Å². The molecule has 5 rings (SSSR count). The van der Waals surface area contributed by atoms with Crippen molar-refractivity contribution in [3.05, 3.63) is 34.8 Å². The number of hydrogen-bond acceptors (Lipinski definition) is 16. The van der Waals surface area contributed by atoms with Gasteiger partial charge in [0.25, 0.3) is 0 Å². The number of aliphatic imine (C=N–C) groups is 3. The summed E-state index contributed by atoms with van der Waals surface area (Å²) in [7, 11) is 0. The van der Waals surface area contributed by atoms with E-state index in [4.69, 9.17) is 0 Å². The number of nitrogens with one attached hydrogen (secondary N) is 1. The number of nitrogens with zero attached hydrogens (tertiary/aromatic N) is 3. The summed E-state index contributed by atoms with van der Waals surface area (Å²) in [6, 6.07) is -2.12. The minimum atomic E-state index is -4.73. The fraction of sp³-hybridized carbons (Fsp3) is 0.400. The Morgan fingerprint density at radius 1 is 0.705 bits per heavy atom. The van der Waals surface area contributed by atoms with E-state index < -0.39 is 81.6 Å². The van der Waals surface area contributed by atoms with Gasteiger partial charge in [-0.25, -0.2) is 0 Å².